The van der Waals surface area contributed by atoms with Gasteiger partial charge in [0.25, 0.3) is 0 Å². The van der Waals surface area contributed by atoms with Crippen molar-refractivity contribution in [3.63, 3.8) is 0 Å². The Morgan fingerprint density at radius 1 is 1.50 bits per heavy atom. The van der Waals surface area contributed by atoms with Crippen molar-refractivity contribution in [3.8, 4) is 0 Å². The van der Waals surface area contributed by atoms with Gasteiger partial charge in [0.1, 0.15) is 5.82 Å². The van der Waals surface area contributed by atoms with Crippen molar-refractivity contribution in [2.75, 3.05) is 18.0 Å². The Balaban J connectivity index is 2.18. The third kappa shape index (κ3) is 2.59. The highest BCUT2D eigenvalue weighted by molar-refractivity contribution is 9.10. The van der Waals surface area contributed by atoms with Gasteiger partial charge < -0.3 is 4.90 Å². The molecule has 2 rings (SSSR count). The molecule has 1 fully saturated rings. The van der Waals surface area contributed by atoms with Gasteiger partial charge in [-0.25, -0.2) is 4.98 Å². The molecule has 0 N–H and O–H groups in total. The molecule has 1 aliphatic heterocycles. The van der Waals surface area contributed by atoms with E-state index in [1.54, 1.807) is 0 Å². The lowest BCUT2D eigenvalue weighted by molar-refractivity contribution is 0.454. The van der Waals surface area contributed by atoms with Crippen molar-refractivity contribution >= 4 is 37.7 Å². The van der Waals surface area contributed by atoms with Crippen molar-refractivity contribution in [1.29, 1.82) is 0 Å². The quantitative estimate of drug-likeness (QED) is 0.719. The summed E-state index contributed by atoms with van der Waals surface area (Å²) >= 11 is 7.20. The van der Waals surface area contributed by atoms with E-state index >= 15 is 0 Å². The fourth-order valence-electron chi connectivity index (χ4n) is 2.08. The van der Waals surface area contributed by atoms with E-state index in [1.165, 1.54) is 12.0 Å². The van der Waals surface area contributed by atoms with Crippen LogP contribution in [0, 0.1) is 12.8 Å². The van der Waals surface area contributed by atoms with E-state index in [0.29, 0.717) is 4.83 Å². The lowest BCUT2D eigenvalue weighted by Crippen LogP contribution is -2.40. The SMILES string of the molecule is Cc1cc(Br)cnc1N1CCC(C)C(Br)C1. The van der Waals surface area contributed by atoms with E-state index in [9.17, 15) is 0 Å². The molecule has 0 spiro atoms. The molecule has 0 radical (unpaired) electrons. The summed E-state index contributed by atoms with van der Waals surface area (Å²) in [5, 5.41) is 0. The second kappa shape index (κ2) is 5.05. The van der Waals surface area contributed by atoms with Crippen LogP contribution in [-0.4, -0.2) is 22.9 Å². The van der Waals surface area contributed by atoms with Gasteiger partial charge in [-0.2, -0.15) is 0 Å². The first-order valence-electron chi connectivity index (χ1n) is 5.59. The Labute approximate surface area is 114 Å². The van der Waals surface area contributed by atoms with E-state index in [0.717, 1.165) is 29.3 Å². The highest BCUT2D eigenvalue weighted by Crippen LogP contribution is 2.28. The fraction of sp³-hybridized carbons (Fsp3) is 0.583. The van der Waals surface area contributed by atoms with Gasteiger partial charge in [-0.3, -0.25) is 0 Å². The Hall–Kier alpha value is -0.0900. The summed E-state index contributed by atoms with van der Waals surface area (Å²) < 4.78 is 1.05. The third-order valence-corrected chi connectivity index (χ3v) is 4.81. The van der Waals surface area contributed by atoms with Crippen LogP contribution in [0.1, 0.15) is 18.9 Å². The first-order valence-corrected chi connectivity index (χ1v) is 7.30. The first kappa shape index (κ1) is 12.4. The van der Waals surface area contributed by atoms with E-state index in [1.807, 2.05) is 6.20 Å². The zero-order valence-corrected chi connectivity index (χ0v) is 12.8. The molecule has 0 saturated carbocycles. The summed E-state index contributed by atoms with van der Waals surface area (Å²) in [6.07, 6.45) is 3.11. The number of nitrogens with zero attached hydrogens (tertiary/aromatic N) is 2. The van der Waals surface area contributed by atoms with Gasteiger partial charge in [-0.05, 0) is 46.8 Å². The van der Waals surface area contributed by atoms with E-state index in [-0.39, 0.29) is 0 Å². The Morgan fingerprint density at radius 3 is 2.88 bits per heavy atom. The number of halogens is 2. The van der Waals surface area contributed by atoms with Crippen LogP contribution in [0.3, 0.4) is 0 Å². The van der Waals surface area contributed by atoms with Crippen LogP contribution < -0.4 is 4.90 Å². The molecule has 4 heteroatoms. The first-order chi connectivity index (χ1) is 7.58. The van der Waals surface area contributed by atoms with Gasteiger partial charge in [0, 0.05) is 28.6 Å². The maximum absolute atomic E-state index is 4.52. The van der Waals surface area contributed by atoms with Gasteiger partial charge in [0.2, 0.25) is 0 Å². The maximum atomic E-state index is 4.52. The number of aromatic nitrogens is 1. The molecule has 1 aromatic heterocycles. The largest absolute Gasteiger partial charge is 0.355 e. The number of hydrogen-bond acceptors (Lipinski definition) is 2. The van der Waals surface area contributed by atoms with Crippen molar-refractivity contribution in [1.82, 2.24) is 4.98 Å². The normalized spacial score (nSPS) is 25.9. The second-order valence-electron chi connectivity index (χ2n) is 4.52. The van der Waals surface area contributed by atoms with Crippen molar-refractivity contribution in [2.24, 2.45) is 5.92 Å². The van der Waals surface area contributed by atoms with Crippen LogP contribution in [0.4, 0.5) is 5.82 Å². The predicted octanol–water partition coefficient (Wildman–Crippen LogP) is 3.76. The summed E-state index contributed by atoms with van der Waals surface area (Å²) in [7, 11) is 0. The van der Waals surface area contributed by atoms with Crippen molar-refractivity contribution in [3.05, 3.63) is 22.3 Å². The summed E-state index contributed by atoms with van der Waals surface area (Å²) in [5.74, 6) is 1.88. The minimum atomic E-state index is 0.575. The molecule has 88 valence electrons. The lowest BCUT2D eigenvalue weighted by Gasteiger charge is -2.35. The standard InChI is InChI=1S/C12H16Br2N2/c1-8-3-4-16(7-11(8)14)12-9(2)5-10(13)6-15-12/h5-6,8,11H,3-4,7H2,1-2H3. The van der Waals surface area contributed by atoms with Crippen LogP contribution in [0.2, 0.25) is 0 Å². The third-order valence-electron chi connectivity index (χ3n) is 3.18. The molecule has 2 nitrogen and oxygen atoms in total. The number of anilines is 1. The lowest BCUT2D eigenvalue weighted by atomic mass is 9.99. The van der Waals surface area contributed by atoms with Crippen LogP contribution in [0.15, 0.2) is 16.7 Å². The van der Waals surface area contributed by atoms with E-state index in [2.05, 4.69) is 61.7 Å². The van der Waals surface area contributed by atoms with E-state index < -0.39 is 0 Å². The number of alkyl halides is 1. The zero-order valence-electron chi connectivity index (χ0n) is 9.58. The van der Waals surface area contributed by atoms with Gasteiger partial charge in [0.05, 0.1) is 0 Å². The molecule has 2 heterocycles. The van der Waals surface area contributed by atoms with Crippen LogP contribution >= 0.6 is 31.9 Å². The Kier molecular flexibility index (Phi) is 3.90. The summed E-state index contributed by atoms with van der Waals surface area (Å²) in [6, 6.07) is 2.13. The molecule has 2 unspecified atom stereocenters. The number of rotatable bonds is 1. The molecular weight excluding hydrogens is 332 g/mol. The average molecular weight is 348 g/mol. The van der Waals surface area contributed by atoms with Crippen molar-refractivity contribution < 1.29 is 0 Å². The molecular formula is C12H16Br2N2. The minimum absolute atomic E-state index is 0.575. The molecule has 0 aliphatic carbocycles. The molecule has 1 aliphatic rings. The summed E-state index contributed by atoms with van der Waals surface area (Å²) in [5.41, 5.74) is 1.24. The van der Waals surface area contributed by atoms with Gasteiger partial charge in [-0.1, -0.05) is 22.9 Å². The Bertz CT molecular complexity index is 381. The molecule has 1 aromatic rings. The van der Waals surface area contributed by atoms with Gasteiger partial charge in [0.15, 0.2) is 0 Å². The average Bonchev–Trinajstić information content (AvgIpc) is 2.22. The second-order valence-corrected chi connectivity index (χ2v) is 6.61. The topological polar surface area (TPSA) is 16.1 Å². The zero-order chi connectivity index (χ0) is 11.7. The number of aryl methyl sites for hydroxylation is 1. The van der Waals surface area contributed by atoms with Crippen LogP contribution in [-0.2, 0) is 0 Å². The molecule has 0 aromatic carbocycles. The van der Waals surface area contributed by atoms with Gasteiger partial charge in [-0.15, -0.1) is 0 Å². The highest BCUT2D eigenvalue weighted by Gasteiger charge is 2.25. The smallest absolute Gasteiger partial charge is 0.131 e. The predicted molar refractivity (Wildman–Crippen MR) is 75.4 cm³/mol. The monoisotopic (exact) mass is 346 g/mol. The summed E-state index contributed by atoms with van der Waals surface area (Å²) in [4.78, 5) is 7.47. The highest BCUT2D eigenvalue weighted by atomic mass is 79.9. The fourth-order valence-corrected chi connectivity index (χ4v) is 3.14. The molecule has 0 bridgehead atoms. The summed E-state index contributed by atoms with van der Waals surface area (Å²) in [6.45, 7) is 6.59. The van der Waals surface area contributed by atoms with E-state index in [4.69, 9.17) is 0 Å². The number of pyridine rings is 1. The van der Waals surface area contributed by atoms with Crippen LogP contribution in [0.25, 0.3) is 0 Å². The maximum Gasteiger partial charge on any atom is 0.131 e. The molecule has 16 heavy (non-hydrogen) atoms. The van der Waals surface area contributed by atoms with Gasteiger partial charge >= 0.3 is 0 Å². The Morgan fingerprint density at radius 2 is 2.25 bits per heavy atom. The number of piperidine rings is 1. The molecule has 0 amide bonds. The number of hydrogen-bond donors (Lipinski definition) is 0. The molecule has 2 atom stereocenters. The minimum Gasteiger partial charge on any atom is -0.355 e. The molecule has 1 saturated heterocycles. The van der Waals surface area contributed by atoms with Crippen molar-refractivity contribution in [2.45, 2.75) is 25.1 Å². The van der Waals surface area contributed by atoms with Crippen LogP contribution in [0.5, 0.6) is 0 Å².